The van der Waals surface area contributed by atoms with Crippen LogP contribution < -0.4 is 10.5 Å². The van der Waals surface area contributed by atoms with Gasteiger partial charge in [-0.3, -0.25) is 4.79 Å². The molecule has 1 fully saturated rings. The Labute approximate surface area is 120 Å². The van der Waals surface area contributed by atoms with E-state index in [1.54, 1.807) is 0 Å². The lowest BCUT2D eigenvalue weighted by atomic mass is 9.99. The van der Waals surface area contributed by atoms with E-state index in [9.17, 15) is 20.1 Å². The molecule has 0 radical (unpaired) electrons. The van der Waals surface area contributed by atoms with Crippen molar-refractivity contribution < 1.29 is 34.7 Å². The Hall–Kier alpha value is -1.71. The Bertz CT molecular complexity index is 507. The number of primary amides is 1. The molecule has 1 aromatic rings. The standard InChI is InChI=1S/C13H17NO7/c14-12(19)6-2-1-3-7(4-6)20-13-11(18)10(17)9(16)8(5-15)21-13/h1-4,8-11,13,15-18H,5H2,(H2,14,19). The molecule has 0 saturated carbocycles. The zero-order valence-electron chi connectivity index (χ0n) is 11.0. The summed E-state index contributed by atoms with van der Waals surface area (Å²) in [6.45, 7) is -0.549. The van der Waals surface area contributed by atoms with E-state index in [4.69, 9.17) is 20.3 Å². The van der Waals surface area contributed by atoms with Crippen LogP contribution in [-0.4, -0.2) is 63.6 Å². The van der Waals surface area contributed by atoms with Gasteiger partial charge in [-0.25, -0.2) is 0 Å². The molecule has 1 aliphatic rings. The van der Waals surface area contributed by atoms with Crippen molar-refractivity contribution in [2.45, 2.75) is 30.7 Å². The van der Waals surface area contributed by atoms with Crippen LogP contribution in [0.5, 0.6) is 5.75 Å². The second kappa shape index (κ2) is 6.37. The summed E-state index contributed by atoms with van der Waals surface area (Å²) in [5, 5.41) is 38.2. The Morgan fingerprint density at radius 1 is 1.24 bits per heavy atom. The van der Waals surface area contributed by atoms with Gasteiger partial charge in [-0.15, -0.1) is 0 Å². The number of hydrogen-bond donors (Lipinski definition) is 5. The first kappa shape index (κ1) is 15.7. The molecule has 5 unspecified atom stereocenters. The van der Waals surface area contributed by atoms with Crippen molar-refractivity contribution in [3.63, 3.8) is 0 Å². The van der Waals surface area contributed by atoms with Gasteiger partial charge in [0.05, 0.1) is 6.61 Å². The third-order valence-corrected chi connectivity index (χ3v) is 3.22. The Kier molecular flexibility index (Phi) is 4.76. The van der Waals surface area contributed by atoms with Crippen LogP contribution in [0.2, 0.25) is 0 Å². The molecule has 1 heterocycles. The fourth-order valence-electron chi connectivity index (χ4n) is 2.02. The summed E-state index contributed by atoms with van der Waals surface area (Å²) >= 11 is 0. The first-order valence-electron chi connectivity index (χ1n) is 6.31. The van der Waals surface area contributed by atoms with Gasteiger partial charge in [-0.05, 0) is 18.2 Å². The van der Waals surface area contributed by atoms with Crippen molar-refractivity contribution in [2.75, 3.05) is 6.61 Å². The molecule has 1 aromatic carbocycles. The van der Waals surface area contributed by atoms with Crippen molar-refractivity contribution in [2.24, 2.45) is 5.73 Å². The lowest BCUT2D eigenvalue weighted by Gasteiger charge is -2.39. The average molecular weight is 299 g/mol. The fourth-order valence-corrected chi connectivity index (χ4v) is 2.02. The summed E-state index contributed by atoms with van der Waals surface area (Å²) in [7, 11) is 0. The molecule has 0 aromatic heterocycles. The van der Waals surface area contributed by atoms with E-state index >= 15 is 0 Å². The molecule has 0 spiro atoms. The van der Waals surface area contributed by atoms with Crippen LogP contribution >= 0.6 is 0 Å². The van der Waals surface area contributed by atoms with E-state index in [1.165, 1.54) is 24.3 Å². The van der Waals surface area contributed by atoms with E-state index in [1.807, 2.05) is 0 Å². The summed E-state index contributed by atoms with van der Waals surface area (Å²) in [4.78, 5) is 11.1. The summed E-state index contributed by atoms with van der Waals surface area (Å²) in [6.07, 6.45) is -6.86. The van der Waals surface area contributed by atoms with Crippen LogP contribution in [0.3, 0.4) is 0 Å². The third-order valence-electron chi connectivity index (χ3n) is 3.22. The Morgan fingerprint density at radius 2 is 1.95 bits per heavy atom. The highest BCUT2D eigenvalue weighted by Crippen LogP contribution is 2.24. The first-order valence-corrected chi connectivity index (χ1v) is 6.31. The van der Waals surface area contributed by atoms with Crippen LogP contribution in [0.4, 0.5) is 0 Å². The number of nitrogens with two attached hydrogens (primary N) is 1. The van der Waals surface area contributed by atoms with E-state index < -0.39 is 43.2 Å². The molecule has 1 aliphatic heterocycles. The van der Waals surface area contributed by atoms with Crippen molar-refractivity contribution in [1.82, 2.24) is 0 Å². The molecule has 0 aliphatic carbocycles. The summed E-state index contributed by atoms with van der Waals surface area (Å²) in [5.74, 6) is -0.454. The lowest BCUT2D eigenvalue weighted by molar-refractivity contribution is -0.277. The molecule has 5 atom stereocenters. The highest BCUT2D eigenvalue weighted by Gasteiger charge is 2.44. The normalized spacial score (nSPS) is 32.7. The third kappa shape index (κ3) is 3.31. The summed E-state index contributed by atoms with van der Waals surface area (Å²) in [5.41, 5.74) is 5.35. The smallest absolute Gasteiger partial charge is 0.248 e. The van der Waals surface area contributed by atoms with Gasteiger partial charge in [0, 0.05) is 5.56 Å². The van der Waals surface area contributed by atoms with Crippen molar-refractivity contribution in [3.8, 4) is 5.75 Å². The molecular weight excluding hydrogens is 282 g/mol. The lowest BCUT2D eigenvalue weighted by Crippen LogP contribution is -2.60. The molecule has 1 amide bonds. The number of amides is 1. The quantitative estimate of drug-likeness (QED) is 0.431. The van der Waals surface area contributed by atoms with Gasteiger partial charge in [0.1, 0.15) is 30.2 Å². The minimum atomic E-state index is -1.53. The van der Waals surface area contributed by atoms with Gasteiger partial charge in [0.2, 0.25) is 12.2 Å². The van der Waals surface area contributed by atoms with Gasteiger partial charge in [-0.2, -0.15) is 0 Å². The van der Waals surface area contributed by atoms with Gasteiger partial charge >= 0.3 is 0 Å². The van der Waals surface area contributed by atoms with Crippen LogP contribution in [0, 0.1) is 0 Å². The summed E-state index contributed by atoms with van der Waals surface area (Å²) in [6, 6.07) is 5.87. The van der Waals surface area contributed by atoms with E-state index in [-0.39, 0.29) is 11.3 Å². The highest BCUT2D eigenvalue weighted by molar-refractivity contribution is 5.93. The molecule has 116 valence electrons. The molecule has 1 saturated heterocycles. The first-order chi connectivity index (χ1) is 9.93. The second-order valence-electron chi connectivity index (χ2n) is 4.71. The maximum atomic E-state index is 11.1. The number of hydrogen-bond acceptors (Lipinski definition) is 7. The molecular formula is C13H17NO7. The molecule has 8 heteroatoms. The van der Waals surface area contributed by atoms with Gasteiger partial charge in [0.15, 0.2) is 0 Å². The molecule has 2 rings (SSSR count). The second-order valence-corrected chi connectivity index (χ2v) is 4.71. The predicted molar refractivity (Wildman–Crippen MR) is 69.4 cm³/mol. The van der Waals surface area contributed by atoms with Crippen molar-refractivity contribution in [1.29, 1.82) is 0 Å². The maximum absolute atomic E-state index is 11.1. The number of aliphatic hydroxyl groups excluding tert-OH is 4. The number of rotatable bonds is 4. The van der Waals surface area contributed by atoms with Gasteiger partial charge in [-0.1, -0.05) is 6.07 Å². The number of carbonyl (C=O) groups is 1. The fraction of sp³-hybridized carbons (Fsp3) is 0.462. The zero-order chi connectivity index (χ0) is 15.6. The maximum Gasteiger partial charge on any atom is 0.248 e. The SMILES string of the molecule is NC(=O)c1cccc(OC2OC(CO)C(O)C(O)C2O)c1. The minimum Gasteiger partial charge on any atom is -0.462 e. The van der Waals surface area contributed by atoms with Gasteiger partial charge in [0.25, 0.3) is 0 Å². The van der Waals surface area contributed by atoms with Crippen LogP contribution in [-0.2, 0) is 4.74 Å². The van der Waals surface area contributed by atoms with E-state index in [0.717, 1.165) is 0 Å². The molecule has 6 N–H and O–H groups in total. The summed E-state index contributed by atoms with van der Waals surface area (Å²) < 4.78 is 10.5. The molecule has 8 nitrogen and oxygen atoms in total. The predicted octanol–water partition coefficient (Wildman–Crippen LogP) is -2.04. The number of benzene rings is 1. The van der Waals surface area contributed by atoms with Crippen LogP contribution in [0.25, 0.3) is 0 Å². The molecule has 21 heavy (non-hydrogen) atoms. The number of ether oxygens (including phenoxy) is 2. The van der Waals surface area contributed by atoms with Crippen molar-refractivity contribution in [3.05, 3.63) is 29.8 Å². The van der Waals surface area contributed by atoms with Crippen molar-refractivity contribution >= 4 is 5.91 Å². The monoisotopic (exact) mass is 299 g/mol. The largest absolute Gasteiger partial charge is 0.462 e. The van der Waals surface area contributed by atoms with E-state index in [0.29, 0.717) is 0 Å². The molecule has 0 bridgehead atoms. The van der Waals surface area contributed by atoms with Crippen LogP contribution in [0.15, 0.2) is 24.3 Å². The minimum absolute atomic E-state index is 0.190. The number of carbonyl (C=O) groups excluding carboxylic acids is 1. The van der Waals surface area contributed by atoms with Gasteiger partial charge < -0.3 is 35.6 Å². The number of aliphatic hydroxyl groups is 4. The highest BCUT2D eigenvalue weighted by atomic mass is 16.7. The average Bonchev–Trinajstić information content (AvgIpc) is 2.48. The zero-order valence-corrected chi connectivity index (χ0v) is 11.0. The van der Waals surface area contributed by atoms with Crippen LogP contribution in [0.1, 0.15) is 10.4 Å². The Balaban J connectivity index is 2.14. The van der Waals surface area contributed by atoms with E-state index in [2.05, 4.69) is 0 Å². The Morgan fingerprint density at radius 3 is 2.57 bits per heavy atom. The topological polar surface area (TPSA) is 142 Å².